The number of ether oxygens (including phenoxy) is 1. The standard InChI is InChI=1S/C38H42N4O3/c1-28-24-33(29(2)39-28)14-17-37(43)42(26-31-12-15-35(16-13-31)40-20-22-45-23-21-40)36(25-30-8-4-3-5-9-30)38(44)41-19-18-32-10-6-7-11-34(32)27-41/h3-17,24,36,39H,18-23,25-27H2,1-2H3/t36-/m0/s1. The number of morpholine rings is 1. The normalized spacial score (nSPS) is 15.6. The number of aryl methyl sites for hydroxylation is 2. The molecule has 2 amide bonds. The van der Waals surface area contributed by atoms with Crippen LogP contribution in [0.1, 0.15) is 39.2 Å². The van der Waals surface area contributed by atoms with E-state index >= 15 is 0 Å². The number of amides is 2. The van der Waals surface area contributed by atoms with Crippen LogP contribution in [0.25, 0.3) is 6.08 Å². The molecule has 0 radical (unpaired) electrons. The van der Waals surface area contributed by atoms with Gasteiger partial charge in [-0.25, -0.2) is 0 Å². The molecule has 0 bridgehead atoms. The molecule has 0 unspecified atom stereocenters. The maximum absolute atomic E-state index is 14.5. The van der Waals surface area contributed by atoms with Crippen molar-refractivity contribution >= 4 is 23.6 Å². The van der Waals surface area contributed by atoms with E-state index in [0.717, 1.165) is 66.5 Å². The number of carbonyl (C=O) groups is 2. The fourth-order valence-electron chi connectivity index (χ4n) is 6.41. The molecule has 0 aliphatic carbocycles. The summed E-state index contributed by atoms with van der Waals surface area (Å²) in [6, 6.07) is 28.1. The van der Waals surface area contributed by atoms with Gasteiger partial charge in [0, 0.05) is 62.3 Å². The van der Waals surface area contributed by atoms with E-state index in [4.69, 9.17) is 4.74 Å². The molecule has 7 heteroatoms. The quantitative estimate of drug-likeness (QED) is 0.250. The largest absolute Gasteiger partial charge is 0.378 e. The highest BCUT2D eigenvalue weighted by Gasteiger charge is 2.34. The summed E-state index contributed by atoms with van der Waals surface area (Å²) in [6.07, 6.45) is 4.72. The number of H-pyrrole nitrogens is 1. The maximum atomic E-state index is 14.5. The summed E-state index contributed by atoms with van der Waals surface area (Å²) in [5.41, 5.74) is 8.62. The van der Waals surface area contributed by atoms with E-state index in [1.165, 1.54) is 11.1 Å². The fraction of sp³-hybridized carbons (Fsp3) is 0.316. The number of aromatic amines is 1. The molecule has 3 aromatic carbocycles. The molecule has 45 heavy (non-hydrogen) atoms. The molecule has 6 rings (SSSR count). The van der Waals surface area contributed by atoms with Gasteiger partial charge in [0.15, 0.2) is 0 Å². The average Bonchev–Trinajstić information content (AvgIpc) is 3.41. The van der Waals surface area contributed by atoms with E-state index in [2.05, 4.69) is 52.3 Å². The van der Waals surface area contributed by atoms with E-state index in [1.807, 2.05) is 67.3 Å². The van der Waals surface area contributed by atoms with Crippen LogP contribution in [-0.2, 0) is 40.3 Å². The Bertz CT molecular complexity index is 1640. The lowest BCUT2D eigenvalue weighted by Crippen LogP contribution is -2.52. The highest BCUT2D eigenvalue weighted by atomic mass is 16.5. The van der Waals surface area contributed by atoms with Crippen molar-refractivity contribution in [3.05, 3.63) is 130 Å². The van der Waals surface area contributed by atoms with Gasteiger partial charge in [0.25, 0.3) is 0 Å². The first kappa shape index (κ1) is 30.4. The van der Waals surface area contributed by atoms with E-state index in [1.54, 1.807) is 11.0 Å². The molecule has 232 valence electrons. The summed E-state index contributed by atoms with van der Waals surface area (Å²) in [5, 5.41) is 0. The van der Waals surface area contributed by atoms with Crippen molar-refractivity contribution in [2.24, 2.45) is 0 Å². The molecule has 1 saturated heterocycles. The van der Waals surface area contributed by atoms with Gasteiger partial charge in [-0.1, -0.05) is 66.7 Å². The number of benzene rings is 3. The van der Waals surface area contributed by atoms with Crippen molar-refractivity contribution in [1.82, 2.24) is 14.8 Å². The third-order valence-electron chi connectivity index (χ3n) is 8.92. The number of aromatic nitrogens is 1. The van der Waals surface area contributed by atoms with Crippen molar-refractivity contribution in [3.63, 3.8) is 0 Å². The third kappa shape index (κ3) is 7.37. The molecule has 1 atom stereocenters. The third-order valence-corrected chi connectivity index (χ3v) is 8.92. The Labute approximate surface area is 266 Å². The predicted octanol–water partition coefficient (Wildman–Crippen LogP) is 5.71. The monoisotopic (exact) mass is 602 g/mol. The highest BCUT2D eigenvalue weighted by molar-refractivity contribution is 5.96. The second kappa shape index (κ2) is 14.0. The first-order chi connectivity index (χ1) is 21.9. The molecule has 4 aromatic rings. The Hall–Kier alpha value is -4.62. The van der Waals surface area contributed by atoms with E-state index in [-0.39, 0.29) is 11.8 Å². The fourth-order valence-corrected chi connectivity index (χ4v) is 6.41. The Morgan fingerprint density at radius 3 is 2.31 bits per heavy atom. The minimum absolute atomic E-state index is 0.0197. The predicted molar refractivity (Wildman–Crippen MR) is 179 cm³/mol. The number of anilines is 1. The van der Waals surface area contributed by atoms with Gasteiger partial charge < -0.3 is 24.4 Å². The molecule has 1 fully saturated rings. The Morgan fingerprint density at radius 2 is 1.60 bits per heavy atom. The topological polar surface area (TPSA) is 68.9 Å². The molecular weight excluding hydrogens is 560 g/mol. The van der Waals surface area contributed by atoms with Crippen molar-refractivity contribution in [2.75, 3.05) is 37.7 Å². The van der Waals surface area contributed by atoms with Crippen LogP contribution in [0.5, 0.6) is 0 Å². The molecule has 2 aliphatic heterocycles. The second-order valence-corrected chi connectivity index (χ2v) is 12.1. The van der Waals surface area contributed by atoms with E-state index in [0.29, 0.717) is 26.1 Å². The minimum Gasteiger partial charge on any atom is -0.378 e. The lowest BCUT2D eigenvalue weighted by atomic mass is 9.97. The van der Waals surface area contributed by atoms with Gasteiger partial charge in [0.05, 0.1) is 13.2 Å². The number of nitrogens with one attached hydrogen (secondary N) is 1. The zero-order valence-electron chi connectivity index (χ0n) is 26.2. The zero-order valence-corrected chi connectivity index (χ0v) is 26.2. The molecule has 1 N–H and O–H groups in total. The molecule has 0 saturated carbocycles. The van der Waals surface area contributed by atoms with Gasteiger partial charge >= 0.3 is 0 Å². The number of hydrogen-bond acceptors (Lipinski definition) is 4. The lowest BCUT2D eigenvalue weighted by Gasteiger charge is -2.37. The summed E-state index contributed by atoms with van der Waals surface area (Å²) >= 11 is 0. The molecule has 7 nitrogen and oxygen atoms in total. The molecule has 2 aliphatic rings. The molecule has 1 aromatic heterocycles. The molecule has 3 heterocycles. The van der Waals surface area contributed by atoms with Gasteiger partial charge in [-0.15, -0.1) is 0 Å². The summed E-state index contributed by atoms with van der Waals surface area (Å²) in [6.45, 7) is 8.68. The number of rotatable bonds is 9. The van der Waals surface area contributed by atoms with Crippen molar-refractivity contribution in [3.8, 4) is 0 Å². The van der Waals surface area contributed by atoms with Crippen LogP contribution in [0, 0.1) is 13.8 Å². The summed E-state index contributed by atoms with van der Waals surface area (Å²) in [5.74, 6) is -0.203. The number of hydrogen-bond donors (Lipinski definition) is 1. The Morgan fingerprint density at radius 1 is 0.889 bits per heavy atom. The van der Waals surface area contributed by atoms with Crippen LogP contribution in [-0.4, -0.2) is 65.5 Å². The van der Waals surface area contributed by atoms with Crippen LogP contribution in [0.4, 0.5) is 5.69 Å². The lowest BCUT2D eigenvalue weighted by molar-refractivity contribution is -0.144. The molecule has 0 spiro atoms. The summed E-state index contributed by atoms with van der Waals surface area (Å²) in [7, 11) is 0. The van der Waals surface area contributed by atoms with Crippen LogP contribution >= 0.6 is 0 Å². The van der Waals surface area contributed by atoms with Crippen LogP contribution in [0.15, 0.2) is 91.0 Å². The number of carbonyl (C=O) groups excluding carboxylic acids is 2. The van der Waals surface area contributed by atoms with Gasteiger partial charge in [-0.05, 0) is 72.4 Å². The Kier molecular flexibility index (Phi) is 9.46. The van der Waals surface area contributed by atoms with Crippen LogP contribution in [0.3, 0.4) is 0 Å². The number of fused-ring (bicyclic) bond motifs is 1. The van der Waals surface area contributed by atoms with Crippen molar-refractivity contribution in [2.45, 2.75) is 45.8 Å². The van der Waals surface area contributed by atoms with Crippen LogP contribution in [0.2, 0.25) is 0 Å². The zero-order chi connectivity index (χ0) is 31.2. The second-order valence-electron chi connectivity index (χ2n) is 12.1. The first-order valence-corrected chi connectivity index (χ1v) is 15.9. The molecular formula is C38H42N4O3. The van der Waals surface area contributed by atoms with Crippen molar-refractivity contribution in [1.29, 1.82) is 0 Å². The van der Waals surface area contributed by atoms with Gasteiger partial charge in [-0.2, -0.15) is 0 Å². The number of nitrogens with zero attached hydrogens (tertiary/aromatic N) is 3. The van der Waals surface area contributed by atoms with Crippen LogP contribution < -0.4 is 4.90 Å². The minimum atomic E-state index is -0.664. The smallest absolute Gasteiger partial charge is 0.247 e. The van der Waals surface area contributed by atoms with E-state index < -0.39 is 6.04 Å². The average molecular weight is 603 g/mol. The summed E-state index contributed by atoms with van der Waals surface area (Å²) < 4.78 is 5.52. The van der Waals surface area contributed by atoms with Crippen molar-refractivity contribution < 1.29 is 14.3 Å². The maximum Gasteiger partial charge on any atom is 0.247 e. The SMILES string of the molecule is Cc1cc(C=CC(=O)N(Cc2ccc(N3CCOCC3)cc2)[C@@H](Cc2ccccc2)C(=O)N2CCc3ccccc3C2)c(C)[nH]1. The van der Waals surface area contributed by atoms with Gasteiger partial charge in [0.1, 0.15) is 6.04 Å². The Balaban J connectivity index is 1.33. The summed E-state index contributed by atoms with van der Waals surface area (Å²) in [4.78, 5) is 38.1. The highest BCUT2D eigenvalue weighted by Crippen LogP contribution is 2.24. The van der Waals surface area contributed by atoms with Gasteiger partial charge in [0.2, 0.25) is 11.8 Å². The first-order valence-electron chi connectivity index (χ1n) is 15.9. The van der Waals surface area contributed by atoms with Gasteiger partial charge in [-0.3, -0.25) is 9.59 Å². The van der Waals surface area contributed by atoms with E-state index in [9.17, 15) is 9.59 Å².